The Hall–Kier alpha value is -0.670. The van der Waals surface area contributed by atoms with Crippen molar-refractivity contribution in [3.8, 4) is 0 Å². The maximum Gasteiger partial charge on any atom is 0.200 e. The molecule has 0 saturated heterocycles. The Kier molecular flexibility index (Phi) is 15.5. The standard InChI is InChI=1S/C26H51N2O/c1-4-6-7-8-9-10-11-12-13-14-15-16-17-18-19-20-21-22-26-27-23-24-28(26,5-2)25(3)29/h7-8,25,29H,4-6,9-24H2,1-3H3/q+1/b8-7+. The van der Waals surface area contributed by atoms with Crippen LogP contribution in [0.4, 0.5) is 0 Å². The monoisotopic (exact) mass is 407 g/mol. The van der Waals surface area contributed by atoms with Crippen LogP contribution >= 0.6 is 0 Å². The predicted octanol–water partition coefficient (Wildman–Crippen LogP) is 7.39. The van der Waals surface area contributed by atoms with Crippen molar-refractivity contribution in [1.82, 2.24) is 0 Å². The van der Waals surface area contributed by atoms with Crippen LogP contribution in [0.1, 0.15) is 124 Å². The van der Waals surface area contributed by atoms with Gasteiger partial charge in [0, 0.05) is 13.3 Å². The van der Waals surface area contributed by atoms with Crippen LogP contribution in [0.3, 0.4) is 0 Å². The molecule has 0 radical (unpaired) electrons. The Bertz CT molecular complexity index is 444. The second-order valence-corrected chi connectivity index (χ2v) is 9.05. The molecule has 1 N–H and O–H groups in total. The highest BCUT2D eigenvalue weighted by atomic mass is 16.3. The number of likely N-dealkylation sites (N-methyl/N-ethyl adjacent to an activating group) is 1. The largest absolute Gasteiger partial charge is 0.345 e. The number of rotatable bonds is 19. The molecule has 1 rings (SSSR count). The van der Waals surface area contributed by atoms with E-state index in [1.54, 1.807) is 0 Å². The van der Waals surface area contributed by atoms with Gasteiger partial charge in [-0.3, -0.25) is 4.48 Å². The third-order valence-electron chi connectivity index (χ3n) is 6.73. The van der Waals surface area contributed by atoms with Crippen molar-refractivity contribution in [2.75, 3.05) is 19.6 Å². The second kappa shape index (κ2) is 17.1. The highest BCUT2D eigenvalue weighted by Crippen LogP contribution is 2.23. The van der Waals surface area contributed by atoms with E-state index in [-0.39, 0.29) is 6.23 Å². The van der Waals surface area contributed by atoms with Gasteiger partial charge in [0.2, 0.25) is 5.84 Å². The fraction of sp³-hybridized carbons (Fsp3) is 0.885. The normalized spacial score (nSPS) is 20.5. The van der Waals surface area contributed by atoms with E-state index in [0.717, 1.165) is 30.5 Å². The van der Waals surface area contributed by atoms with E-state index < -0.39 is 0 Å². The molecule has 0 saturated carbocycles. The summed E-state index contributed by atoms with van der Waals surface area (Å²) in [5.74, 6) is 1.25. The Labute approximate surface area is 182 Å². The van der Waals surface area contributed by atoms with Crippen molar-refractivity contribution in [1.29, 1.82) is 0 Å². The molecule has 1 aliphatic heterocycles. The van der Waals surface area contributed by atoms with Gasteiger partial charge in [0.15, 0.2) is 6.23 Å². The first-order chi connectivity index (χ1) is 14.2. The van der Waals surface area contributed by atoms with Gasteiger partial charge in [-0.05, 0) is 32.6 Å². The van der Waals surface area contributed by atoms with Crippen LogP contribution in [0.25, 0.3) is 0 Å². The first kappa shape index (κ1) is 26.4. The molecule has 0 amide bonds. The van der Waals surface area contributed by atoms with Gasteiger partial charge >= 0.3 is 0 Å². The van der Waals surface area contributed by atoms with Crippen molar-refractivity contribution < 1.29 is 9.59 Å². The minimum atomic E-state index is -0.316. The lowest BCUT2D eigenvalue weighted by Gasteiger charge is -2.36. The van der Waals surface area contributed by atoms with E-state index in [0.29, 0.717) is 0 Å². The predicted molar refractivity (Wildman–Crippen MR) is 128 cm³/mol. The van der Waals surface area contributed by atoms with Crippen molar-refractivity contribution >= 4 is 5.84 Å². The van der Waals surface area contributed by atoms with E-state index in [1.165, 1.54) is 102 Å². The summed E-state index contributed by atoms with van der Waals surface area (Å²) in [6.45, 7) is 9.19. The maximum atomic E-state index is 10.2. The van der Waals surface area contributed by atoms with Gasteiger partial charge in [-0.2, -0.15) is 0 Å². The van der Waals surface area contributed by atoms with Gasteiger partial charge in [-0.1, -0.05) is 89.7 Å². The Morgan fingerprint density at radius 3 is 1.86 bits per heavy atom. The van der Waals surface area contributed by atoms with Crippen LogP contribution < -0.4 is 0 Å². The Morgan fingerprint density at radius 2 is 1.34 bits per heavy atom. The summed E-state index contributed by atoms with van der Waals surface area (Å²) in [5, 5.41) is 10.2. The van der Waals surface area contributed by atoms with Crippen LogP contribution in [0, 0.1) is 0 Å². The smallest absolute Gasteiger partial charge is 0.200 e. The second-order valence-electron chi connectivity index (χ2n) is 9.05. The molecule has 3 nitrogen and oxygen atoms in total. The summed E-state index contributed by atoms with van der Waals surface area (Å²) in [5.41, 5.74) is 0. The summed E-state index contributed by atoms with van der Waals surface area (Å²) < 4.78 is 0.718. The number of hydrogen-bond donors (Lipinski definition) is 1. The molecule has 0 aromatic rings. The zero-order valence-corrected chi connectivity index (χ0v) is 20.0. The SMILES string of the molecule is CCC/C=C/CCCCCCCCCCCCCCC1=NCC[N+]1(CC)C(C)O. The van der Waals surface area contributed by atoms with Crippen molar-refractivity contribution in [3.63, 3.8) is 0 Å². The molecule has 0 spiro atoms. The molecule has 29 heavy (non-hydrogen) atoms. The van der Waals surface area contributed by atoms with Gasteiger partial charge < -0.3 is 5.11 Å². The van der Waals surface area contributed by atoms with Gasteiger partial charge in [-0.15, -0.1) is 0 Å². The first-order valence-electron chi connectivity index (χ1n) is 12.9. The summed E-state index contributed by atoms with van der Waals surface area (Å²) in [7, 11) is 0. The molecule has 0 bridgehead atoms. The van der Waals surface area contributed by atoms with Crippen LogP contribution in [-0.4, -0.2) is 41.3 Å². The molecule has 0 aromatic carbocycles. The highest BCUT2D eigenvalue weighted by Gasteiger charge is 2.40. The summed E-state index contributed by atoms with van der Waals surface area (Å²) in [6.07, 6.45) is 25.9. The molecule has 2 unspecified atom stereocenters. The van der Waals surface area contributed by atoms with Crippen molar-refractivity contribution in [3.05, 3.63) is 12.2 Å². The third-order valence-corrected chi connectivity index (χ3v) is 6.73. The zero-order chi connectivity index (χ0) is 21.2. The summed E-state index contributed by atoms with van der Waals surface area (Å²) in [4.78, 5) is 4.72. The van der Waals surface area contributed by atoms with E-state index in [4.69, 9.17) is 4.99 Å². The Balaban J connectivity index is 1.87. The summed E-state index contributed by atoms with van der Waals surface area (Å²) in [6, 6.07) is 0. The lowest BCUT2D eigenvalue weighted by molar-refractivity contribution is -0.882. The maximum absolute atomic E-state index is 10.2. The van der Waals surface area contributed by atoms with Crippen molar-refractivity contribution in [2.24, 2.45) is 4.99 Å². The minimum Gasteiger partial charge on any atom is -0.345 e. The molecule has 1 aliphatic rings. The highest BCUT2D eigenvalue weighted by molar-refractivity contribution is 5.76. The molecule has 0 aliphatic carbocycles. The quantitative estimate of drug-likeness (QED) is 0.135. The molecule has 170 valence electrons. The summed E-state index contributed by atoms with van der Waals surface area (Å²) >= 11 is 0. The number of aliphatic hydroxyl groups excluding tert-OH is 1. The number of aliphatic hydroxyl groups is 1. The molecule has 2 atom stereocenters. The van der Waals surface area contributed by atoms with Crippen molar-refractivity contribution in [2.45, 2.75) is 130 Å². The van der Waals surface area contributed by atoms with E-state index >= 15 is 0 Å². The number of allylic oxidation sites excluding steroid dienone is 2. The molecule has 0 aromatic heterocycles. The molecule has 0 fully saturated rings. The van der Waals surface area contributed by atoms with E-state index in [9.17, 15) is 5.11 Å². The lowest BCUT2D eigenvalue weighted by Crippen LogP contribution is -2.56. The minimum absolute atomic E-state index is 0.316. The molecular formula is C26H51N2O+. The van der Waals surface area contributed by atoms with Gasteiger partial charge in [0.25, 0.3) is 0 Å². The first-order valence-corrected chi connectivity index (χ1v) is 12.9. The van der Waals surface area contributed by atoms with E-state index in [2.05, 4.69) is 26.0 Å². The number of nitrogens with zero attached hydrogens (tertiary/aromatic N) is 2. The zero-order valence-electron chi connectivity index (χ0n) is 20.0. The third kappa shape index (κ3) is 10.8. The van der Waals surface area contributed by atoms with Gasteiger partial charge in [0.05, 0.1) is 13.1 Å². The molecular weight excluding hydrogens is 356 g/mol. The number of aliphatic imine (C=N–C) groups is 1. The number of unbranched alkanes of at least 4 members (excludes halogenated alkanes) is 13. The van der Waals surface area contributed by atoms with Gasteiger partial charge in [0.1, 0.15) is 6.54 Å². The van der Waals surface area contributed by atoms with Gasteiger partial charge in [-0.25, -0.2) is 4.99 Å². The molecule has 1 heterocycles. The van der Waals surface area contributed by atoms with Crippen LogP contribution in [0.15, 0.2) is 17.1 Å². The number of amidine groups is 1. The average Bonchev–Trinajstić information content (AvgIpc) is 3.14. The average molecular weight is 408 g/mol. The van der Waals surface area contributed by atoms with E-state index in [1.807, 2.05) is 6.92 Å². The fourth-order valence-electron chi connectivity index (χ4n) is 4.65. The fourth-order valence-corrected chi connectivity index (χ4v) is 4.65. The molecule has 3 heteroatoms. The number of hydrogen-bond acceptors (Lipinski definition) is 2. The number of quaternary nitrogens is 1. The lowest BCUT2D eigenvalue weighted by atomic mass is 10.0. The topological polar surface area (TPSA) is 32.6 Å². The Morgan fingerprint density at radius 1 is 0.828 bits per heavy atom. The van der Waals surface area contributed by atoms with Crippen LogP contribution in [0.5, 0.6) is 0 Å². The van der Waals surface area contributed by atoms with Crippen LogP contribution in [0.2, 0.25) is 0 Å². The van der Waals surface area contributed by atoms with Crippen LogP contribution in [-0.2, 0) is 0 Å².